The van der Waals surface area contributed by atoms with Crippen LogP contribution in [0.3, 0.4) is 0 Å². The Bertz CT molecular complexity index is 329. The third-order valence-corrected chi connectivity index (χ3v) is 3.59. The molecule has 1 saturated heterocycles. The normalized spacial score (nSPS) is 19.4. The second-order valence-electron chi connectivity index (χ2n) is 4.52. The second-order valence-corrected chi connectivity index (χ2v) is 4.52. The zero-order chi connectivity index (χ0) is 11.4. The van der Waals surface area contributed by atoms with Crippen LogP contribution in [0.1, 0.15) is 31.2 Å². The van der Waals surface area contributed by atoms with Gasteiger partial charge in [-0.1, -0.05) is 19.1 Å². The maximum Gasteiger partial charge on any atom is 0.119 e. The summed E-state index contributed by atoms with van der Waals surface area (Å²) >= 11 is 0. The molecule has 2 nitrogen and oxygen atoms in total. The Hall–Kier alpha value is -1.02. The van der Waals surface area contributed by atoms with Crippen molar-refractivity contribution in [1.82, 2.24) is 0 Å². The lowest BCUT2D eigenvalue weighted by Crippen LogP contribution is -2.20. The molecular weight excluding hydrogens is 200 g/mol. The average Bonchev–Trinajstić information content (AvgIpc) is 2.39. The Morgan fingerprint density at radius 1 is 1.31 bits per heavy atom. The Kier molecular flexibility index (Phi) is 3.83. The van der Waals surface area contributed by atoms with E-state index in [0.717, 1.165) is 24.9 Å². The molecule has 1 atom stereocenters. The molecule has 0 aromatic heterocycles. The van der Waals surface area contributed by atoms with Gasteiger partial charge in [-0.3, -0.25) is 0 Å². The molecule has 1 aliphatic heterocycles. The van der Waals surface area contributed by atoms with Crippen LogP contribution >= 0.6 is 0 Å². The number of methoxy groups -OCH3 is 1. The molecule has 1 aliphatic rings. The minimum absolute atomic E-state index is 0.596. The van der Waals surface area contributed by atoms with E-state index >= 15 is 0 Å². The largest absolute Gasteiger partial charge is 0.497 e. The molecule has 0 amide bonds. The van der Waals surface area contributed by atoms with Crippen LogP contribution < -0.4 is 4.74 Å². The minimum Gasteiger partial charge on any atom is -0.497 e. The van der Waals surface area contributed by atoms with Crippen molar-refractivity contribution >= 4 is 0 Å². The fraction of sp³-hybridized carbons (Fsp3) is 0.571. The summed E-state index contributed by atoms with van der Waals surface area (Å²) in [5, 5.41) is 0. The smallest absolute Gasteiger partial charge is 0.119 e. The van der Waals surface area contributed by atoms with Crippen molar-refractivity contribution in [2.24, 2.45) is 5.92 Å². The highest BCUT2D eigenvalue weighted by atomic mass is 16.5. The topological polar surface area (TPSA) is 18.5 Å². The van der Waals surface area contributed by atoms with Crippen molar-refractivity contribution in [3.63, 3.8) is 0 Å². The zero-order valence-electron chi connectivity index (χ0n) is 10.1. The first kappa shape index (κ1) is 11.5. The molecule has 16 heavy (non-hydrogen) atoms. The molecule has 2 rings (SSSR count). The quantitative estimate of drug-likeness (QED) is 0.778. The summed E-state index contributed by atoms with van der Waals surface area (Å²) in [4.78, 5) is 0. The molecule has 0 saturated carbocycles. The van der Waals surface area contributed by atoms with Crippen molar-refractivity contribution in [3.05, 3.63) is 29.8 Å². The first-order valence-corrected chi connectivity index (χ1v) is 6.03. The van der Waals surface area contributed by atoms with Gasteiger partial charge in [0.15, 0.2) is 0 Å². The van der Waals surface area contributed by atoms with Crippen molar-refractivity contribution in [2.45, 2.75) is 25.7 Å². The van der Waals surface area contributed by atoms with Gasteiger partial charge in [0.25, 0.3) is 0 Å². The summed E-state index contributed by atoms with van der Waals surface area (Å²) in [6.45, 7) is 4.14. The fourth-order valence-electron chi connectivity index (χ4n) is 2.41. The summed E-state index contributed by atoms with van der Waals surface area (Å²) < 4.78 is 10.7. The van der Waals surface area contributed by atoms with E-state index < -0.39 is 0 Å². The molecule has 0 N–H and O–H groups in total. The van der Waals surface area contributed by atoms with Crippen LogP contribution in [-0.2, 0) is 4.74 Å². The maximum atomic E-state index is 5.41. The molecule has 1 heterocycles. The van der Waals surface area contributed by atoms with Gasteiger partial charge in [-0.15, -0.1) is 0 Å². The van der Waals surface area contributed by atoms with Gasteiger partial charge < -0.3 is 9.47 Å². The number of hydrogen-bond donors (Lipinski definition) is 0. The second kappa shape index (κ2) is 5.35. The van der Waals surface area contributed by atoms with Crippen LogP contribution in [0.25, 0.3) is 0 Å². The van der Waals surface area contributed by atoms with Gasteiger partial charge in [0.2, 0.25) is 0 Å². The van der Waals surface area contributed by atoms with Gasteiger partial charge in [-0.05, 0) is 42.4 Å². The number of ether oxygens (including phenoxy) is 2. The van der Waals surface area contributed by atoms with Gasteiger partial charge in [-0.25, -0.2) is 0 Å². The van der Waals surface area contributed by atoms with E-state index in [-0.39, 0.29) is 0 Å². The van der Waals surface area contributed by atoms with Gasteiger partial charge in [0, 0.05) is 13.2 Å². The zero-order valence-corrected chi connectivity index (χ0v) is 10.1. The molecule has 0 aliphatic carbocycles. The standard InChI is InChI=1S/C14H20O2/c1-11(12-6-8-16-9-7-12)13-4-3-5-14(10-13)15-2/h3-5,10-12H,6-9H2,1-2H3. The van der Waals surface area contributed by atoms with Crippen LogP contribution in [0, 0.1) is 5.92 Å². The maximum absolute atomic E-state index is 5.41. The SMILES string of the molecule is COc1cccc(C(C)C2CCOCC2)c1. The molecule has 88 valence electrons. The van der Waals surface area contributed by atoms with E-state index in [1.807, 2.05) is 6.07 Å². The molecule has 0 bridgehead atoms. The minimum atomic E-state index is 0.596. The highest BCUT2D eigenvalue weighted by Gasteiger charge is 2.21. The monoisotopic (exact) mass is 220 g/mol. The first-order valence-electron chi connectivity index (χ1n) is 6.03. The lowest BCUT2D eigenvalue weighted by Gasteiger charge is -2.28. The van der Waals surface area contributed by atoms with Crippen LogP contribution in [0.4, 0.5) is 0 Å². The highest BCUT2D eigenvalue weighted by Crippen LogP contribution is 2.32. The number of hydrogen-bond acceptors (Lipinski definition) is 2. The third kappa shape index (κ3) is 2.56. The van der Waals surface area contributed by atoms with Crippen LogP contribution in [0.5, 0.6) is 5.75 Å². The van der Waals surface area contributed by atoms with Gasteiger partial charge in [-0.2, -0.15) is 0 Å². The van der Waals surface area contributed by atoms with E-state index in [0.29, 0.717) is 5.92 Å². The van der Waals surface area contributed by atoms with E-state index in [1.165, 1.54) is 18.4 Å². The van der Waals surface area contributed by atoms with Gasteiger partial charge in [0.05, 0.1) is 7.11 Å². The first-order chi connectivity index (χ1) is 7.81. The van der Waals surface area contributed by atoms with Gasteiger partial charge >= 0.3 is 0 Å². The van der Waals surface area contributed by atoms with E-state index in [4.69, 9.17) is 9.47 Å². The lowest BCUT2D eigenvalue weighted by molar-refractivity contribution is 0.0596. The average molecular weight is 220 g/mol. The Balaban J connectivity index is 2.09. The van der Waals surface area contributed by atoms with Crippen molar-refractivity contribution in [1.29, 1.82) is 0 Å². The molecule has 1 fully saturated rings. The molecule has 1 unspecified atom stereocenters. The molecule has 2 heteroatoms. The van der Waals surface area contributed by atoms with Crippen molar-refractivity contribution < 1.29 is 9.47 Å². The highest BCUT2D eigenvalue weighted by molar-refractivity contribution is 5.30. The fourth-order valence-corrected chi connectivity index (χ4v) is 2.41. The summed E-state index contributed by atoms with van der Waals surface area (Å²) in [7, 11) is 1.72. The third-order valence-electron chi connectivity index (χ3n) is 3.59. The lowest BCUT2D eigenvalue weighted by atomic mass is 9.83. The summed E-state index contributed by atoms with van der Waals surface area (Å²) in [6.07, 6.45) is 2.36. The molecule has 0 radical (unpaired) electrons. The summed E-state index contributed by atoms with van der Waals surface area (Å²) in [6, 6.07) is 8.42. The van der Waals surface area contributed by atoms with E-state index in [9.17, 15) is 0 Å². The number of rotatable bonds is 3. The molecule has 1 aromatic carbocycles. The Morgan fingerprint density at radius 3 is 2.75 bits per heavy atom. The van der Waals surface area contributed by atoms with E-state index in [1.54, 1.807) is 7.11 Å². The molecule has 0 spiro atoms. The van der Waals surface area contributed by atoms with Crippen LogP contribution in [-0.4, -0.2) is 20.3 Å². The van der Waals surface area contributed by atoms with Crippen molar-refractivity contribution in [3.8, 4) is 5.75 Å². The van der Waals surface area contributed by atoms with Crippen molar-refractivity contribution in [2.75, 3.05) is 20.3 Å². The predicted molar refractivity (Wildman–Crippen MR) is 65.0 cm³/mol. The van der Waals surface area contributed by atoms with Gasteiger partial charge in [0.1, 0.15) is 5.75 Å². The molecule has 1 aromatic rings. The summed E-state index contributed by atoms with van der Waals surface area (Å²) in [5.41, 5.74) is 1.38. The van der Waals surface area contributed by atoms with E-state index in [2.05, 4.69) is 25.1 Å². The molecular formula is C14H20O2. The Morgan fingerprint density at radius 2 is 2.06 bits per heavy atom. The predicted octanol–water partition coefficient (Wildman–Crippen LogP) is 3.23. The van der Waals surface area contributed by atoms with Crippen LogP contribution in [0.15, 0.2) is 24.3 Å². The summed E-state index contributed by atoms with van der Waals surface area (Å²) in [5.74, 6) is 2.30. The van der Waals surface area contributed by atoms with Crippen LogP contribution in [0.2, 0.25) is 0 Å². The number of benzene rings is 1. The Labute approximate surface area is 97.6 Å².